The summed E-state index contributed by atoms with van der Waals surface area (Å²) < 4.78 is 11.5. The third-order valence-electron chi connectivity index (χ3n) is 4.24. The molecule has 2 N–H and O–H groups in total. The molecule has 3 heterocycles. The molecular formula is C14H23N7OS. The number of anilines is 3. The van der Waals surface area contributed by atoms with Gasteiger partial charge in [0.2, 0.25) is 5.13 Å². The van der Waals surface area contributed by atoms with Crippen LogP contribution in [-0.2, 0) is 11.8 Å². The summed E-state index contributed by atoms with van der Waals surface area (Å²) in [5.74, 6) is 1.76. The smallest absolute Gasteiger partial charge is 0.205 e. The zero-order valence-corrected chi connectivity index (χ0v) is 14.8. The molecule has 0 unspecified atom stereocenters. The second-order valence-electron chi connectivity index (χ2n) is 5.73. The molecule has 0 radical (unpaired) electrons. The molecule has 2 aromatic rings. The molecule has 0 bridgehead atoms. The Balaban J connectivity index is 1.67. The highest BCUT2D eigenvalue weighted by Crippen LogP contribution is 2.28. The lowest BCUT2D eigenvalue weighted by molar-refractivity contribution is 0.113. The molecule has 2 aromatic heterocycles. The Labute approximate surface area is 140 Å². The van der Waals surface area contributed by atoms with E-state index in [9.17, 15) is 0 Å². The highest BCUT2D eigenvalue weighted by atomic mass is 32.1. The summed E-state index contributed by atoms with van der Waals surface area (Å²) in [6, 6.07) is 0. The van der Waals surface area contributed by atoms with Crippen molar-refractivity contribution >= 4 is 28.2 Å². The molecule has 0 spiro atoms. The number of aryl methyl sites for hydroxylation is 2. The van der Waals surface area contributed by atoms with Crippen LogP contribution >= 0.6 is 11.5 Å². The lowest BCUT2D eigenvalue weighted by Gasteiger charge is -2.35. The van der Waals surface area contributed by atoms with Crippen molar-refractivity contribution in [2.45, 2.75) is 20.0 Å². The summed E-state index contributed by atoms with van der Waals surface area (Å²) in [5, 5.41) is 5.35. The molecule has 0 aromatic carbocycles. The minimum absolute atomic E-state index is 0.0708. The Kier molecular flexibility index (Phi) is 4.40. The van der Waals surface area contributed by atoms with Crippen molar-refractivity contribution in [1.29, 1.82) is 0 Å². The predicted molar refractivity (Wildman–Crippen MR) is 92.1 cm³/mol. The maximum absolute atomic E-state index is 6.16. The van der Waals surface area contributed by atoms with Gasteiger partial charge in [-0.1, -0.05) is 0 Å². The van der Waals surface area contributed by atoms with E-state index in [0.717, 1.165) is 54.3 Å². The predicted octanol–water partition coefficient (Wildman–Crippen LogP) is 1.20. The van der Waals surface area contributed by atoms with E-state index in [1.807, 2.05) is 25.6 Å². The molecule has 0 saturated carbocycles. The number of nitrogens with zero attached hydrogens (tertiary/aromatic N) is 6. The van der Waals surface area contributed by atoms with E-state index in [1.165, 1.54) is 11.5 Å². The van der Waals surface area contributed by atoms with E-state index in [1.54, 1.807) is 7.11 Å². The first-order chi connectivity index (χ1) is 11.0. The Bertz CT molecular complexity index is 675. The van der Waals surface area contributed by atoms with Gasteiger partial charge in [-0.25, -0.2) is 4.98 Å². The topological polar surface area (TPSA) is 85.3 Å². The summed E-state index contributed by atoms with van der Waals surface area (Å²) in [6.45, 7) is 7.45. The van der Waals surface area contributed by atoms with Gasteiger partial charge in [0.05, 0.1) is 11.4 Å². The highest BCUT2D eigenvalue weighted by Gasteiger charge is 2.25. The number of hydrogen-bond donors (Lipinski definition) is 1. The van der Waals surface area contributed by atoms with Crippen LogP contribution in [0.4, 0.5) is 16.6 Å². The van der Waals surface area contributed by atoms with E-state index >= 15 is 0 Å². The second kappa shape index (κ2) is 6.32. The fourth-order valence-corrected chi connectivity index (χ4v) is 3.57. The maximum atomic E-state index is 6.16. The SMILES string of the molecule is CO[C@@H](C)c1nsc(N2CCN(c3c(N)c(C)nn3C)CC2)n1. The van der Waals surface area contributed by atoms with Crippen LogP contribution in [0, 0.1) is 6.92 Å². The van der Waals surface area contributed by atoms with Gasteiger partial charge in [-0.2, -0.15) is 9.47 Å². The van der Waals surface area contributed by atoms with E-state index in [-0.39, 0.29) is 6.10 Å². The molecule has 0 amide bonds. The molecule has 1 aliphatic rings. The lowest BCUT2D eigenvalue weighted by atomic mass is 10.3. The first kappa shape index (κ1) is 16.0. The van der Waals surface area contributed by atoms with Crippen molar-refractivity contribution in [1.82, 2.24) is 19.1 Å². The van der Waals surface area contributed by atoms with Gasteiger partial charge in [0.1, 0.15) is 6.10 Å². The first-order valence-corrected chi connectivity index (χ1v) is 8.44. The molecule has 9 heteroatoms. The molecule has 1 atom stereocenters. The maximum Gasteiger partial charge on any atom is 0.205 e. The van der Waals surface area contributed by atoms with Crippen LogP contribution in [0.1, 0.15) is 24.5 Å². The lowest BCUT2D eigenvalue weighted by Crippen LogP contribution is -2.47. The van der Waals surface area contributed by atoms with E-state index in [4.69, 9.17) is 10.5 Å². The van der Waals surface area contributed by atoms with Gasteiger partial charge >= 0.3 is 0 Å². The molecule has 0 aliphatic carbocycles. The van der Waals surface area contributed by atoms with Crippen LogP contribution < -0.4 is 15.5 Å². The Morgan fingerprint density at radius 3 is 2.43 bits per heavy atom. The molecule has 23 heavy (non-hydrogen) atoms. The van der Waals surface area contributed by atoms with Crippen molar-refractivity contribution in [2.24, 2.45) is 7.05 Å². The standard InChI is InChI=1S/C14H23N7OS/c1-9-11(15)13(19(3)17-9)20-5-7-21(8-6-20)14-16-12(18-23-14)10(2)22-4/h10H,5-8,15H2,1-4H3/t10-/m0/s1. The third-order valence-corrected chi connectivity index (χ3v) is 5.03. The number of nitrogens with two attached hydrogens (primary N) is 1. The van der Waals surface area contributed by atoms with Crippen LogP contribution in [0.3, 0.4) is 0 Å². The largest absolute Gasteiger partial charge is 0.394 e. The van der Waals surface area contributed by atoms with Crippen LogP contribution in [0.25, 0.3) is 0 Å². The van der Waals surface area contributed by atoms with Crippen molar-refractivity contribution in [2.75, 3.05) is 48.8 Å². The fourth-order valence-electron chi connectivity index (χ4n) is 2.77. The molecule has 3 rings (SSSR count). The van der Waals surface area contributed by atoms with Gasteiger partial charge in [-0.05, 0) is 13.8 Å². The van der Waals surface area contributed by atoms with Crippen molar-refractivity contribution in [3.05, 3.63) is 11.5 Å². The van der Waals surface area contributed by atoms with Gasteiger partial charge in [-0.3, -0.25) is 4.68 Å². The van der Waals surface area contributed by atoms with Gasteiger partial charge in [-0.15, -0.1) is 0 Å². The van der Waals surface area contributed by atoms with E-state index < -0.39 is 0 Å². The number of nitrogen functional groups attached to an aromatic ring is 1. The van der Waals surface area contributed by atoms with E-state index in [0.29, 0.717) is 0 Å². The summed E-state index contributed by atoms with van der Waals surface area (Å²) in [4.78, 5) is 9.14. The van der Waals surface area contributed by atoms with Gasteiger partial charge in [0.15, 0.2) is 11.6 Å². The Morgan fingerprint density at radius 1 is 1.22 bits per heavy atom. The average molecular weight is 337 g/mol. The van der Waals surface area contributed by atoms with Crippen LogP contribution in [0.5, 0.6) is 0 Å². The molecule has 1 aliphatic heterocycles. The molecule has 1 fully saturated rings. The van der Waals surface area contributed by atoms with Crippen LogP contribution in [-0.4, -0.2) is 52.4 Å². The summed E-state index contributed by atoms with van der Waals surface area (Å²) in [6.07, 6.45) is -0.0708. The molecule has 126 valence electrons. The highest BCUT2D eigenvalue weighted by molar-refractivity contribution is 7.09. The minimum atomic E-state index is -0.0708. The number of aromatic nitrogens is 4. The first-order valence-electron chi connectivity index (χ1n) is 7.66. The molecule has 1 saturated heterocycles. The van der Waals surface area contributed by atoms with E-state index in [2.05, 4.69) is 24.3 Å². The number of piperazine rings is 1. The summed E-state index contributed by atoms with van der Waals surface area (Å²) in [7, 11) is 3.61. The van der Waals surface area contributed by atoms with Gasteiger partial charge in [0.25, 0.3) is 0 Å². The van der Waals surface area contributed by atoms with Crippen molar-refractivity contribution in [3.8, 4) is 0 Å². The molecule has 8 nitrogen and oxygen atoms in total. The van der Waals surface area contributed by atoms with Crippen molar-refractivity contribution < 1.29 is 4.74 Å². The number of hydrogen-bond acceptors (Lipinski definition) is 8. The third kappa shape index (κ3) is 2.98. The van der Waals surface area contributed by atoms with Gasteiger partial charge < -0.3 is 20.3 Å². The summed E-state index contributed by atoms with van der Waals surface area (Å²) >= 11 is 1.43. The fraction of sp³-hybridized carbons (Fsp3) is 0.643. The normalized spacial score (nSPS) is 16.9. The van der Waals surface area contributed by atoms with Crippen LogP contribution in [0.15, 0.2) is 0 Å². The number of ether oxygens (including phenoxy) is 1. The Hall–Kier alpha value is -1.87. The van der Waals surface area contributed by atoms with Gasteiger partial charge in [0, 0.05) is 51.9 Å². The number of methoxy groups -OCH3 is 1. The van der Waals surface area contributed by atoms with Crippen molar-refractivity contribution in [3.63, 3.8) is 0 Å². The number of rotatable bonds is 4. The zero-order valence-electron chi connectivity index (χ0n) is 14.0. The van der Waals surface area contributed by atoms with Crippen LogP contribution in [0.2, 0.25) is 0 Å². The zero-order chi connectivity index (χ0) is 16.6. The molecular weight excluding hydrogens is 314 g/mol. The Morgan fingerprint density at radius 2 is 1.87 bits per heavy atom. The average Bonchev–Trinajstić information content (AvgIpc) is 3.13. The minimum Gasteiger partial charge on any atom is -0.394 e. The quantitative estimate of drug-likeness (QED) is 0.897. The second-order valence-corrected chi connectivity index (χ2v) is 6.46. The monoisotopic (exact) mass is 337 g/mol. The summed E-state index contributed by atoms with van der Waals surface area (Å²) in [5.41, 5.74) is 7.81.